The van der Waals surface area contributed by atoms with Crippen LogP contribution in [0.4, 0.5) is 0 Å². The molecule has 3 unspecified atom stereocenters. The second kappa shape index (κ2) is 13.8. The molecule has 1 saturated carbocycles. The fourth-order valence-electron chi connectivity index (χ4n) is 6.90. The van der Waals surface area contributed by atoms with Crippen LogP contribution < -0.4 is 21.2 Å². The molecular weight excluding hydrogens is 534 g/mol. The maximum Gasteiger partial charge on any atom is 0.0281 e. The van der Waals surface area contributed by atoms with Crippen molar-refractivity contribution < 1.29 is 0 Å². The van der Waals surface area contributed by atoms with Crippen LogP contribution in [0.15, 0.2) is 121 Å². The SMILES string of the molecule is CC(C)C1CCC(C)(CN(C)P(c2ccccc2)c2ccccc2)CC1N(C)P(c1ccccc1)c1ccccc1. The molecule has 214 valence electrons. The Morgan fingerprint density at radius 3 is 1.44 bits per heavy atom. The molecule has 0 radical (unpaired) electrons. The molecule has 1 aliphatic carbocycles. The van der Waals surface area contributed by atoms with Crippen LogP contribution in [0.25, 0.3) is 0 Å². The highest BCUT2D eigenvalue weighted by atomic mass is 31.1. The van der Waals surface area contributed by atoms with Crippen LogP contribution in [0.1, 0.15) is 40.0 Å². The van der Waals surface area contributed by atoms with Gasteiger partial charge < -0.3 is 0 Å². The number of hydrogen-bond donors (Lipinski definition) is 0. The predicted molar refractivity (Wildman–Crippen MR) is 183 cm³/mol. The zero-order valence-electron chi connectivity index (χ0n) is 25.4. The lowest BCUT2D eigenvalue weighted by Gasteiger charge is -2.51. The summed E-state index contributed by atoms with van der Waals surface area (Å²) in [6.07, 6.45) is 3.80. The molecule has 3 atom stereocenters. The lowest BCUT2D eigenvalue weighted by Crippen LogP contribution is -2.49. The van der Waals surface area contributed by atoms with Crippen molar-refractivity contribution in [2.75, 3.05) is 20.6 Å². The minimum atomic E-state index is -0.609. The topological polar surface area (TPSA) is 6.48 Å². The molecule has 0 spiro atoms. The van der Waals surface area contributed by atoms with E-state index in [0.717, 1.165) is 6.54 Å². The van der Waals surface area contributed by atoms with Crippen molar-refractivity contribution >= 4 is 37.4 Å². The summed E-state index contributed by atoms with van der Waals surface area (Å²) in [5.74, 6) is 1.36. The minimum Gasteiger partial charge on any atom is -0.277 e. The fraction of sp³-hybridized carbons (Fsp3) is 0.351. The summed E-state index contributed by atoms with van der Waals surface area (Å²) in [5, 5.41) is 5.75. The first-order valence-corrected chi connectivity index (χ1v) is 17.7. The van der Waals surface area contributed by atoms with Crippen LogP contribution in [0.5, 0.6) is 0 Å². The Balaban J connectivity index is 1.45. The summed E-state index contributed by atoms with van der Waals surface area (Å²) in [4.78, 5) is 0. The van der Waals surface area contributed by atoms with Gasteiger partial charge in [-0.3, -0.25) is 9.34 Å². The lowest BCUT2D eigenvalue weighted by atomic mass is 9.66. The van der Waals surface area contributed by atoms with Crippen LogP contribution in [0, 0.1) is 17.3 Å². The van der Waals surface area contributed by atoms with Crippen LogP contribution >= 0.6 is 16.1 Å². The number of nitrogens with zero attached hydrogens (tertiary/aromatic N) is 2. The minimum absolute atomic E-state index is 0.248. The third-order valence-corrected chi connectivity index (χ3v) is 13.8. The van der Waals surface area contributed by atoms with Crippen LogP contribution in [-0.4, -0.2) is 36.0 Å². The van der Waals surface area contributed by atoms with Crippen LogP contribution in [0.2, 0.25) is 0 Å². The highest BCUT2D eigenvalue weighted by molar-refractivity contribution is 7.71. The van der Waals surface area contributed by atoms with E-state index < -0.39 is 16.1 Å². The van der Waals surface area contributed by atoms with Gasteiger partial charge in [-0.2, -0.15) is 0 Å². The van der Waals surface area contributed by atoms with Gasteiger partial charge in [0.15, 0.2) is 0 Å². The van der Waals surface area contributed by atoms with E-state index in [9.17, 15) is 0 Å². The molecule has 1 aliphatic rings. The first-order valence-electron chi connectivity index (χ1n) is 15.1. The van der Waals surface area contributed by atoms with Gasteiger partial charge in [-0.1, -0.05) is 142 Å². The second-order valence-electron chi connectivity index (χ2n) is 12.4. The van der Waals surface area contributed by atoms with E-state index >= 15 is 0 Å². The zero-order chi connectivity index (χ0) is 28.8. The molecule has 1 fully saturated rings. The molecule has 4 aromatic rings. The van der Waals surface area contributed by atoms with Gasteiger partial charge >= 0.3 is 0 Å². The maximum atomic E-state index is 2.79. The van der Waals surface area contributed by atoms with Gasteiger partial charge in [0.25, 0.3) is 0 Å². The van der Waals surface area contributed by atoms with Gasteiger partial charge in [0.05, 0.1) is 0 Å². The second-order valence-corrected chi connectivity index (χ2v) is 17.0. The van der Waals surface area contributed by atoms with Gasteiger partial charge in [0.2, 0.25) is 0 Å². The summed E-state index contributed by atoms with van der Waals surface area (Å²) in [6, 6.07) is 45.3. The van der Waals surface area contributed by atoms with Gasteiger partial charge in [0.1, 0.15) is 0 Å². The molecule has 4 heteroatoms. The standard InChI is InChI=1S/C37H46N2P2/c1-30(2)35-26-27-37(3,29-38(4)40(31-18-10-6-11-19-31)32-20-12-7-13-21-32)28-36(35)39(5)41(33-22-14-8-15-23-33)34-24-16-9-17-25-34/h6-25,30,35-36H,26-29H2,1-5H3. The molecule has 0 aromatic heterocycles. The van der Waals surface area contributed by atoms with E-state index in [1.165, 1.54) is 40.5 Å². The Bertz CT molecular complexity index is 1250. The molecule has 0 saturated heterocycles. The predicted octanol–water partition coefficient (Wildman–Crippen LogP) is 7.78. The van der Waals surface area contributed by atoms with Crippen LogP contribution in [0.3, 0.4) is 0 Å². The Hall–Kier alpha value is -2.34. The van der Waals surface area contributed by atoms with Crippen molar-refractivity contribution in [1.82, 2.24) is 9.34 Å². The molecule has 2 nitrogen and oxygen atoms in total. The van der Waals surface area contributed by atoms with Gasteiger partial charge in [-0.25, -0.2) is 0 Å². The molecule has 41 heavy (non-hydrogen) atoms. The van der Waals surface area contributed by atoms with E-state index in [0.29, 0.717) is 17.9 Å². The van der Waals surface area contributed by atoms with Crippen molar-refractivity contribution in [2.24, 2.45) is 17.3 Å². The highest BCUT2D eigenvalue weighted by Crippen LogP contribution is 2.51. The monoisotopic (exact) mass is 580 g/mol. The van der Waals surface area contributed by atoms with Gasteiger partial charge in [-0.15, -0.1) is 0 Å². The maximum absolute atomic E-state index is 2.79. The van der Waals surface area contributed by atoms with E-state index in [1.54, 1.807) is 0 Å². The van der Waals surface area contributed by atoms with Gasteiger partial charge in [0, 0.05) is 28.7 Å². The molecule has 5 rings (SSSR count). The Labute approximate surface area is 251 Å². The van der Waals surface area contributed by atoms with Gasteiger partial charge in [-0.05, 0) is 71.8 Å². The number of hydrogen-bond acceptors (Lipinski definition) is 2. The van der Waals surface area contributed by atoms with Crippen molar-refractivity contribution in [2.45, 2.75) is 46.1 Å². The van der Waals surface area contributed by atoms with Crippen LogP contribution in [-0.2, 0) is 0 Å². The first kappa shape index (κ1) is 30.1. The average Bonchev–Trinajstić information content (AvgIpc) is 2.99. The average molecular weight is 581 g/mol. The quantitative estimate of drug-likeness (QED) is 0.177. The Morgan fingerprint density at radius 2 is 1.05 bits per heavy atom. The van der Waals surface area contributed by atoms with Crippen molar-refractivity contribution in [3.63, 3.8) is 0 Å². The summed E-state index contributed by atoms with van der Waals surface area (Å²) >= 11 is 0. The van der Waals surface area contributed by atoms with E-state index in [2.05, 4.69) is 166 Å². The molecule has 0 aliphatic heterocycles. The molecule has 4 aromatic carbocycles. The Kier molecular flexibility index (Phi) is 10.1. The highest BCUT2D eigenvalue weighted by Gasteiger charge is 2.43. The molecule has 0 bridgehead atoms. The largest absolute Gasteiger partial charge is 0.277 e. The fourth-order valence-corrected chi connectivity index (χ4v) is 11.9. The molecule has 0 heterocycles. The van der Waals surface area contributed by atoms with E-state index in [-0.39, 0.29) is 5.41 Å². The zero-order valence-corrected chi connectivity index (χ0v) is 27.2. The number of benzene rings is 4. The summed E-state index contributed by atoms with van der Waals surface area (Å²) in [7, 11) is 3.59. The van der Waals surface area contributed by atoms with Crippen molar-refractivity contribution in [3.8, 4) is 0 Å². The Morgan fingerprint density at radius 1 is 0.659 bits per heavy atom. The molecule has 0 N–H and O–H groups in total. The first-order chi connectivity index (χ1) is 19.9. The summed E-state index contributed by atoms with van der Waals surface area (Å²) in [6.45, 7) is 8.55. The normalized spacial score (nSPS) is 21.3. The van der Waals surface area contributed by atoms with E-state index in [1.807, 2.05) is 0 Å². The molecule has 0 amide bonds. The third-order valence-electron chi connectivity index (χ3n) is 8.88. The third kappa shape index (κ3) is 7.18. The summed E-state index contributed by atoms with van der Waals surface area (Å²) in [5.41, 5.74) is 0.248. The molecular formula is C37H46N2P2. The smallest absolute Gasteiger partial charge is 0.0281 e. The lowest BCUT2D eigenvalue weighted by molar-refractivity contribution is 0.0616. The summed E-state index contributed by atoms with van der Waals surface area (Å²) < 4.78 is 5.48. The number of rotatable bonds is 10. The van der Waals surface area contributed by atoms with E-state index in [4.69, 9.17) is 0 Å². The van der Waals surface area contributed by atoms with Crippen molar-refractivity contribution in [1.29, 1.82) is 0 Å². The van der Waals surface area contributed by atoms with Crippen molar-refractivity contribution in [3.05, 3.63) is 121 Å².